The quantitative estimate of drug-likeness (QED) is 0.785. The second kappa shape index (κ2) is 5.88. The Morgan fingerprint density at radius 2 is 1.75 bits per heavy atom. The van der Waals surface area contributed by atoms with Gasteiger partial charge in [0.15, 0.2) is 9.84 Å². The molecule has 0 aliphatic heterocycles. The molecule has 3 rings (SSSR count). The maximum atomic E-state index is 12.9. The van der Waals surface area contributed by atoms with E-state index in [0.717, 1.165) is 12.0 Å². The number of hydrogen-bond donors (Lipinski definition) is 0. The molecule has 0 spiro atoms. The van der Waals surface area contributed by atoms with Crippen LogP contribution in [0.15, 0.2) is 59.5 Å². The molecule has 0 radical (unpaired) electrons. The molecule has 24 heavy (non-hydrogen) atoms. The van der Waals surface area contributed by atoms with Crippen LogP contribution >= 0.6 is 0 Å². The Bertz CT molecular complexity index is 898. The first-order valence-electron chi connectivity index (χ1n) is 7.76. The fraction of sp³-hybridized carbons (Fsp3) is 0.263. The lowest BCUT2D eigenvalue weighted by molar-refractivity contribution is -0.110. The number of nitriles is 1. The van der Waals surface area contributed by atoms with Gasteiger partial charge in [-0.25, -0.2) is 8.42 Å². The van der Waals surface area contributed by atoms with Crippen LogP contribution in [0.5, 0.6) is 0 Å². The van der Waals surface area contributed by atoms with E-state index in [1.54, 1.807) is 18.2 Å². The summed E-state index contributed by atoms with van der Waals surface area (Å²) in [6.07, 6.45) is 1.37. The molecule has 2 aromatic rings. The lowest BCUT2D eigenvalue weighted by Crippen LogP contribution is -2.16. The van der Waals surface area contributed by atoms with Crippen molar-refractivity contribution in [3.05, 3.63) is 65.7 Å². The maximum Gasteiger partial charge on any atom is 0.183 e. The molecule has 1 aliphatic rings. The summed E-state index contributed by atoms with van der Waals surface area (Å²) in [6.45, 7) is 2.03. The van der Waals surface area contributed by atoms with Crippen molar-refractivity contribution in [2.45, 2.75) is 29.4 Å². The fourth-order valence-corrected chi connectivity index (χ4v) is 5.54. The van der Waals surface area contributed by atoms with E-state index in [4.69, 9.17) is 0 Å². The summed E-state index contributed by atoms with van der Waals surface area (Å²) in [6, 6.07) is 17.4. The van der Waals surface area contributed by atoms with E-state index in [2.05, 4.69) is 0 Å². The first kappa shape index (κ1) is 16.4. The molecule has 0 amide bonds. The van der Waals surface area contributed by atoms with Crippen LogP contribution in [-0.2, 0) is 21.1 Å². The van der Waals surface area contributed by atoms with Crippen LogP contribution < -0.4 is 0 Å². The third kappa shape index (κ3) is 2.35. The summed E-state index contributed by atoms with van der Waals surface area (Å²) in [5, 5.41) is 8.48. The molecule has 0 aromatic heterocycles. The lowest BCUT2D eigenvalue weighted by Gasteiger charge is -2.04. The van der Waals surface area contributed by atoms with Gasteiger partial charge in [-0.05, 0) is 29.7 Å². The van der Waals surface area contributed by atoms with E-state index in [-0.39, 0.29) is 4.90 Å². The number of aldehydes is 1. The van der Waals surface area contributed by atoms with Crippen LogP contribution in [-0.4, -0.2) is 20.0 Å². The molecule has 2 aromatic carbocycles. The zero-order valence-electron chi connectivity index (χ0n) is 13.2. The van der Waals surface area contributed by atoms with Crippen LogP contribution in [0.3, 0.4) is 0 Å². The topological polar surface area (TPSA) is 75.0 Å². The van der Waals surface area contributed by atoms with Crippen molar-refractivity contribution in [1.82, 2.24) is 0 Å². The van der Waals surface area contributed by atoms with Crippen LogP contribution in [0.1, 0.15) is 24.0 Å². The van der Waals surface area contributed by atoms with Crippen molar-refractivity contribution >= 4 is 16.1 Å². The molecule has 3 atom stereocenters. The Morgan fingerprint density at radius 3 is 2.25 bits per heavy atom. The van der Waals surface area contributed by atoms with Crippen LogP contribution in [0.25, 0.3) is 0 Å². The highest BCUT2D eigenvalue weighted by molar-refractivity contribution is 7.92. The highest BCUT2D eigenvalue weighted by Crippen LogP contribution is 2.62. The molecule has 0 heterocycles. The van der Waals surface area contributed by atoms with Crippen molar-refractivity contribution in [2.75, 3.05) is 0 Å². The van der Waals surface area contributed by atoms with E-state index in [9.17, 15) is 18.5 Å². The summed E-state index contributed by atoms with van der Waals surface area (Å²) in [4.78, 5) is 11.8. The molecular weight excluding hydrogens is 322 g/mol. The first-order valence-corrected chi connectivity index (χ1v) is 9.31. The number of hydrogen-bond acceptors (Lipinski definition) is 4. The molecule has 4 nitrogen and oxygen atoms in total. The molecule has 0 saturated heterocycles. The summed E-state index contributed by atoms with van der Waals surface area (Å²) in [5.41, 5.74) is 0.323. The van der Waals surface area contributed by atoms with Gasteiger partial charge in [0.25, 0.3) is 0 Å². The monoisotopic (exact) mass is 339 g/mol. The predicted octanol–water partition coefficient (Wildman–Crippen LogP) is 2.90. The molecule has 0 unspecified atom stereocenters. The summed E-state index contributed by atoms with van der Waals surface area (Å²) in [7, 11) is -3.76. The fourth-order valence-electron chi connectivity index (χ4n) is 3.28. The number of carbonyl (C=O) groups excluding carboxylic acids is 1. The van der Waals surface area contributed by atoms with Gasteiger partial charge in [-0.2, -0.15) is 5.26 Å². The number of benzene rings is 2. The summed E-state index contributed by atoms with van der Waals surface area (Å²) < 4.78 is 25.8. The van der Waals surface area contributed by atoms with E-state index < -0.39 is 26.4 Å². The largest absolute Gasteiger partial charge is 0.302 e. The Hall–Kier alpha value is -2.45. The third-order valence-electron chi connectivity index (χ3n) is 4.72. The van der Waals surface area contributed by atoms with Crippen LogP contribution in [0, 0.1) is 16.7 Å². The van der Waals surface area contributed by atoms with E-state index >= 15 is 0 Å². The van der Waals surface area contributed by atoms with Crippen molar-refractivity contribution < 1.29 is 13.2 Å². The third-order valence-corrected chi connectivity index (χ3v) is 6.98. The molecule has 1 saturated carbocycles. The van der Waals surface area contributed by atoms with E-state index in [1.807, 2.05) is 37.3 Å². The van der Waals surface area contributed by atoms with Crippen molar-refractivity contribution in [1.29, 1.82) is 5.26 Å². The standard InChI is InChI=1S/C19H17NO3S/c1-2-14-8-10-15(11-9-14)17-18(19(17,12-20)13-21)24(22,23)16-6-4-3-5-7-16/h3-11,13,17-18H,2H2,1H3/t17-,18-,19+/m1/s1. The van der Waals surface area contributed by atoms with Crippen molar-refractivity contribution in [2.24, 2.45) is 5.41 Å². The van der Waals surface area contributed by atoms with Gasteiger partial charge in [-0.3, -0.25) is 0 Å². The van der Waals surface area contributed by atoms with Crippen molar-refractivity contribution in [3.8, 4) is 6.07 Å². The summed E-state index contributed by atoms with van der Waals surface area (Å²) >= 11 is 0. The molecule has 0 bridgehead atoms. The Kier molecular flexibility index (Phi) is 4.02. The Morgan fingerprint density at radius 1 is 1.12 bits per heavy atom. The molecule has 122 valence electrons. The Balaban J connectivity index is 2.06. The van der Waals surface area contributed by atoms with E-state index in [0.29, 0.717) is 11.8 Å². The number of carbonyl (C=O) groups is 1. The average Bonchev–Trinajstić information content (AvgIpc) is 3.33. The predicted molar refractivity (Wildman–Crippen MR) is 90.1 cm³/mol. The zero-order valence-corrected chi connectivity index (χ0v) is 14.0. The second-order valence-electron chi connectivity index (χ2n) is 6.01. The highest BCUT2D eigenvalue weighted by atomic mass is 32.2. The van der Waals surface area contributed by atoms with E-state index in [1.165, 1.54) is 12.1 Å². The summed E-state index contributed by atoms with van der Waals surface area (Å²) in [5.74, 6) is -0.629. The lowest BCUT2D eigenvalue weighted by atomic mass is 10.0. The number of nitrogens with zero attached hydrogens (tertiary/aromatic N) is 1. The Labute approximate surface area is 141 Å². The van der Waals surface area contributed by atoms with Crippen LogP contribution in [0.4, 0.5) is 0 Å². The molecule has 1 fully saturated rings. The van der Waals surface area contributed by atoms with Gasteiger partial charge in [0, 0.05) is 5.92 Å². The van der Waals surface area contributed by atoms with Gasteiger partial charge >= 0.3 is 0 Å². The number of rotatable bonds is 5. The van der Waals surface area contributed by atoms with Crippen LogP contribution in [0.2, 0.25) is 0 Å². The smallest absolute Gasteiger partial charge is 0.183 e. The van der Waals surface area contributed by atoms with Gasteiger partial charge in [-0.15, -0.1) is 0 Å². The molecule has 5 heteroatoms. The minimum absolute atomic E-state index is 0.143. The molecular formula is C19H17NO3S. The number of sulfone groups is 1. The van der Waals surface area contributed by atoms with Gasteiger partial charge < -0.3 is 4.79 Å². The SMILES string of the molecule is CCc1ccc([C@@H]2[C@@H](S(=O)(=O)c3ccccc3)[C@@]2(C#N)C=O)cc1. The second-order valence-corrected chi connectivity index (χ2v) is 8.08. The van der Waals surface area contributed by atoms with Gasteiger partial charge in [0.1, 0.15) is 17.0 Å². The zero-order chi connectivity index (χ0) is 17.4. The maximum absolute atomic E-state index is 12.9. The molecule has 1 aliphatic carbocycles. The normalized spacial score (nSPS) is 25.7. The molecule has 0 N–H and O–H groups in total. The van der Waals surface area contributed by atoms with Gasteiger partial charge in [-0.1, -0.05) is 49.4 Å². The number of aryl methyl sites for hydroxylation is 1. The van der Waals surface area contributed by atoms with Gasteiger partial charge in [0.2, 0.25) is 0 Å². The average molecular weight is 339 g/mol. The minimum atomic E-state index is -3.76. The minimum Gasteiger partial charge on any atom is -0.302 e. The highest BCUT2D eigenvalue weighted by Gasteiger charge is 2.72. The van der Waals surface area contributed by atoms with Crippen molar-refractivity contribution in [3.63, 3.8) is 0 Å². The van der Waals surface area contributed by atoms with Gasteiger partial charge in [0.05, 0.1) is 11.0 Å². The first-order chi connectivity index (χ1) is 11.5.